The maximum absolute atomic E-state index is 12.6. The fourth-order valence-corrected chi connectivity index (χ4v) is 3.15. The van der Waals surface area contributed by atoms with Crippen LogP contribution in [0.3, 0.4) is 0 Å². The smallest absolute Gasteiger partial charge is 0.266 e. The molecule has 6 heteroatoms. The van der Waals surface area contributed by atoms with Gasteiger partial charge in [-0.2, -0.15) is 0 Å². The van der Waals surface area contributed by atoms with Gasteiger partial charge in [0.2, 0.25) is 6.79 Å². The van der Waals surface area contributed by atoms with Gasteiger partial charge in [0, 0.05) is 17.2 Å². The summed E-state index contributed by atoms with van der Waals surface area (Å²) in [6, 6.07) is 4.87. The Morgan fingerprint density at radius 1 is 0.864 bits per heavy atom. The standard InChI is InChI=1S/C16H7NO5/c18-14-8-2-3-9(14)13-12(8)15(19)17(16(13)20)7-1-4-10-11(5-7)22-6-21-10/h1-5H,6H2. The maximum Gasteiger partial charge on any atom is 0.266 e. The van der Waals surface area contributed by atoms with Crippen molar-refractivity contribution in [3.8, 4) is 28.3 Å². The number of hydrogen-bond acceptors (Lipinski definition) is 5. The number of nitrogens with zero attached hydrogens (tertiary/aromatic N) is 1. The number of ether oxygens (including phenoxy) is 2. The molecule has 106 valence electrons. The third kappa shape index (κ3) is 1.14. The summed E-state index contributed by atoms with van der Waals surface area (Å²) in [4.78, 5) is 37.1. The first-order valence-electron chi connectivity index (χ1n) is 6.67. The lowest BCUT2D eigenvalue weighted by Gasteiger charge is -2.02. The zero-order chi connectivity index (χ0) is 15.0. The summed E-state index contributed by atoms with van der Waals surface area (Å²) < 4.78 is 11.6. The van der Waals surface area contributed by atoms with E-state index < -0.39 is 11.1 Å². The van der Waals surface area contributed by atoms with Crippen molar-refractivity contribution in [1.29, 1.82) is 0 Å². The summed E-state index contributed by atoms with van der Waals surface area (Å²) in [6.07, 6.45) is 3.18. The van der Waals surface area contributed by atoms with E-state index >= 15 is 0 Å². The number of rotatable bonds is 1. The Balaban J connectivity index is 1.86. The molecule has 0 saturated heterocycles. The first-order valence-corrected chi connectivity index (χ1v) is 6.67. The largest absolute Gasteiger partial charge is 0.454 e. The first kappa shape index (κ1) is 11.5. The van der Waals surface area contributed by atoms with E-state index in [2.05, 4.69) is 0 Å². The number of benzene rings is 1. The van der Waals surface area contributed by atoms with E-state index in [4.69, 9.17) is 9.47 Å². The van der Waals surface area contributed by atoms with Gasteiger partial charge in [0.15, 0.2) is 16.9 Å². The van der Waals surface area contributed by atoms with Crippen LogP contribution in [0.15, 0.2) is 32.6 Å². The molecule has 2 heterocycles. The van der Waals surface area contributed by atoms with Gasteiger partial charge in [-0.15, -0.1) is 0 Å². The van der Waals surface area contributed by atoms with Crippen molar-refractivity contribution < 1.29 is 9.47 Å². The molecule has 6 nitrogen and oxygen atoms in total. The molecule has 5 rings (SSSR count). The van der Waals surface area contributed by atoms with Gasteiger partial charge in [-0.25, -0.2) is 4.57 Å². The molecule has 0 N–H and O–H groups in total. The van der Waals surface area contributed by atoms with Crippen LogP contribution in [0.1, 0.15) is 11.1 Å². The Morgan fingerprint density at radius 2 is 1.50 bits per heavy atom. The minimum Gasteiger partial charge on any atom is -0.454 e. The summed E-state index contributed by atoms with van der Waals surface area (Å²) >= 11 is 0. The van der Waals surface area contributed by atoms with Crippen LogP contribution < -0.4 is 26.0 Å². The summed E-state index contributed by atoms with van der Waals surface area (Å²) in [6.45, 7) is 0.115. The molecule has 1 aromatic carbocycles. The molecule has 1 aromatic rings. The average Bonchev–Trinajstić information content (AvgIpc) is 3.24. The van der Waals surface area contributed by atoms with Crippen molar-refractivity contribution in [3.63, 3.8) is 0 Å². The van der Waals surface area contributed by atoms with Gasteiger partial charge in [0.1, 0.15) is 0 Å². The van der Waals surface area contributed by atoms with Crippen LogP contribution in [0.25, 0.3) is 29.0 Å². The molecule has 2 aliphatic heterocycles. The highest BCUT2D eigenvalue weighted by Gasteiger charge is 2.33. The fourth-order valence-electron chi connectivity index (χ4n) is 3.15. The Kier molecular flexibility index (Phi) is 1.85. The van der Waals surface area contributed by atoms with Crippen molar-refractivity contribution in [2.24, 2.45) is 0 Å². The summed E-state index contributed by atoms with van der Waals surface area (Å²) in [5.41, 5.74) is 0.274. The molecule has 2 bridgehead atoms. The molecule has 22 heavy (non-hydrogen) atoms. The lowest BCUT2D eigenvalue weighted by molar-refractivity contribution is 0.174. The third-order valence-electron chi connectivity index (χ3n) is 4.14. The van der Waals surface area contributed by atoms with Crippen LogP contribution in [0.5, 0.6) is 11.5 Å². The highest BCUT2D eigenvalue weighted by molar-refractivity contribution is 5.96. The van der Waals surface area contributed by atoms with Gasteiger partial charge < -0.3 is 9.47 Å². The van der Waals surface area contributed by atoms with Crippen molar-refractivity contribution in [1.82, 2.24) is 4.57 Å². The van der Waals surface area contributed by atoms with E-state index in [-0.39, 0.29) is 23.3 Å². The van der Waals surface area contributed by atoms with Crippen LogP contribution in [0.4, 0.5) is 0 Å². The van der Waals surface area contributed by atoms with Gasteiger partial charge in [-0.3, -0.25) is 14.4 Å². The number of aromatic nitrogens is 1. The van der Waals surface area contributed by atoms with E-state index in [1.165, 1.54) is 0 Å². The van der Waals surface area contributed by atoms with Gasteiger partial charge >= 0.3 is 0 Å². The molecule has 0 atom stereocenters. The molecule has 0 spiro atoms. The van der Waals surface area contributed by atoms with Crippen LogP contribution in [0, 0.1) is 0 Å². The molecule has 0 amide bonds. The first-order chi connectivity index (χ1) is 10.7. The third-order valence-corrected chi connectivity index (χ3v) is 4.14. The molecule has 4 aliphatic rings. The second-order valence-corrected chi connectivity index (χ2v) is 5.22. The normalized spacial score (nSPS) is 14.4. The molecule has 0 fully saturated rings. The van der Waals surface area contributed by atoms with Gasteiger partial charge in [-0.05, 0) is 24.3 Å². The highest BCUT2D eigenvalue weighted by atomic mass is 16.7. The van der Waals surface area contributed by atoms with Gasteiger partial charge in [0.05, 0.1) is 16.8 Å². The molecule has 0 saturated carbocycles. The van der Waals surface area contributed by atoms with E-state index in [0.29, 0.717) is 28.3 Å². The van der Waals surface area contributed by atoms with E-state index in [1.807, 2.05) is 0 Å². The van der Waals surface area contributed by atoms with E-state index in [9.17, 15) is 14.4 Å². The Bertz CT molecular complexity index is 1060. The SMILES string of the molecule is O=c1c2c3c(=O)n(-c4ccc5c(c4)OCO5)c(=O)c-3c1C=C2. The lowest BCUT2D eigenvalue weighted by atomic mass is 10.1. The predicted octanol–water partition coefficient (Wildman–Crippen LogP) is 0.751. The molecule has 0 radical (unpaired) electrons. The van der Waals surface area contributed by atoms with Gasteiger partial charge in [0.25, 0.3) is 11.1 Å². The van der Waals surface area contributed by atoms with Gasteiger partial charge in [-0.1, -0.05) is 0 Å². The molecular formula is C16H7NO5. The molecular weight excluding hydrogens is 286 g/mol. The van der Waals surface area contributed by atoms with E-state index in [0.717, 1.165) is 4.57 Å². The van der Waals surface area contributed by atoms with Crippen molar-refractivity contribution >= 4 is 12.2 Å². The second-order valence-electron chi connectivity index (χ2n) is 5.22. The molecule has 2 aliphatic carbocycles. The monoisotopic (exact) mass is 293 g/mol. The summed E-state index contributed by atoms with van der Waals surface area (Å²) in [7, 11) is 0. The van der Waals surface area contributed by atoms with Crippen molar-refractivity contribution in [2.45, 2.75) is 0 Å². The minimum absolute atomic E-state index is 0.115. The maximum atomic E-state index is 12.6. The fraction of sp³-hybridized carbons (Fsp3) is 0.0625. The molecule has 0 aromatic heterocycles. The van der Waals surface area contributed by atoms with Crippen LogP contribution >= 0.6 is 0 Å². The number of fused-ring (bicyclic) bond motifs is 6. The Labute approximate surface area is 122 Å². The van der Waals surface area contributed by atoms with Crippen molar-refractivity contribution in [3.05, 3.63) is 60.3 Å². The van der Waals surface area contributed by atoms with E-state index in [1.54, 1.807) is 30.4 Å². The van der Waals surface area contributed by atoms with Crippen LogP contribution in [0.2, 0.25) is 0 Å². The highest BCUT2D eigenvalue weighted by Crippen LogP contribution is 2.34. The Morgan fingerprint density at radius 3 is 2.18 bits per heavy atom. The molecule has 0 unspecified atom stereocenters. The topological polar surface area (TPSA) is 74.6 Å². The van der Waals surface area contributed by atoms with Crippen LogP contribution in [-0.2, 0) is 0 Å². The second kappa shape index (κ2) is 3.54. The number of hydrogen-bond donors (Lipinski definition) is 0. The summed E-state index contributed by atoms with van der Waals surface area (Å²) in [5, 5.41) is 0. The Hall–Kier alpha value is -3.15. The summed E-state index contributed by atoms with van der Waals surface area (Å²) in [5.74, 6) is 1.06. The zero-order valence-electron chi connectivity index (χ0n) is 11.1. The zero-order valence-corrected chi connectivity index (χ0v) is 11.1. The average molecular weight is 293 g/mol. The van der Waals surface area contributed by atoms with Crippen molar-refractivity contribution in [2.75, 3.05) is 6.79 Å². The lowest BCUT2D eigenvalue weighted by Crippen LogP contribution is -2.24. The predicted molar refractivity (Wildman–Crippen MR) is 78.6 cm³/mol. The van der Waals surface area contributed by atoms with Crippen LogP contribution in [-0.4, -0.2) is 11.4 Å². The minimum atomic E-state index is -0.471. The quantitative estimate of drug-likeness (QED) is 0.518.